The average molecular weight is 357 g/mol. The van der Waals surface area contributed by atoms with Gasteiger partial charge in [0.25, 0.3) is 0 Å². The number of hydrogen-bond acceptors (Lipinski definition) is 3. The highest BCUT2D eigenvalue weighted by molar-refractivity contribution is 9.10. The minimum atomic E-state index is -0.267. The van der Waals surface area contributed by atoms with E-state index >= 15 is 0 Å². The second-order valence-corrected chi connectivity index (χ2v) is 5.59. The van der Waals surface area contributed by atoms with Gasteiger partial charge < -0.3 is 5.32 Å². The summed E-state index contributed by atoms with van der Waals surface area (Å²) < 4.78 is 2.72. The SMILES string of the molecule is C=CC(=O)Nc1cnc2c(c1)c(C)nn2-c1ccccc1Br. The lowest BCUT2D eigenvalue weighted by Crippen LogP contribution is -2.07. The van der Waals surface area contributed by atoms with E-state index in [0.717, 1.165) is 26.9 Å². The van der Waals surface area contributed by atoms with Crippen LogP contribution < -0.4 is 5.32 Å². The van der Waals surface area contributed by atoms with Crippen molar-refractivity contribution in [3.05, 3.63) is 59.4 Å². The summed E-state index contributed by atoms with van der Waals surface area (Å²) in [5.41, 5.74) is 3.11. The Kier molecular flexibility index (Phi) is 3.77. The predicted molar refractivity (Wildman–Crippen MR) is 90.1 cm³/mol. The number of nitrogens with one attached hydrogen (secondary N) is 1. The maximum Gasteiger partial charge on any atom is 0.247 e. The Balaban J connectivity index is 2.13. The van der Waals surface area contributed by atoms with Crippen molar-refractivity contribution in [2.24, 2.45) is 0 Å². The zero-order valence-electron chi connectivity index (χ0n) is 11.9. The lowest BCUT2D eigenvalue weighted by Gasteiger charge is -2.06. The molecule has 22 heavy (non-hydrogen) atoms. The van der Waals surface area contributed by atoms with Crippen LogP contribution in [0.1, 0.15) is 5.69 Å². The quantitative estimate of drug-likeness (QED) is 0.729. The average Bonchev–Trinajstić information content (AvgIpc) is 2.84. The number of benzene rings is 1. The van der Waals surface area contributed by atoms with Gasteiger partial charge in [0, 0.05) is 9.86 Å². The fourth-order valence-electron chi connectivity index (χ4n) is 2.20. The molecule has 0 saturated heterocycles. The molecule has 0 bridgehead atoms. The van der Waals surface area contributed by atoms with Crippen LogP contribution in [0.4, 0.5) is 5.69 Å². The molecule has 110 valence electrons. The molecule has 3 aromatic rings. The van der Waals surface area contributed by atoms with Gasteiger partial charge in [-0.05, 0) is 47.1 Å². The summed E-state index contributed by atoms with van der Waals surface area (Å²) in [5, 5.41) is 8.14. The first-order chi connectivity index (χ1) is 10.6. The molecule has 0 aliphatic heterocycles. The van der Waals surface area contributed by atoms with Gasteiger partial charge in [0.2, 0.25) is 5.91 Å². The fourth-order valence-corrected chi connectivity index (χ4v) is 2.65. The van der Waals surface area contributed by atoms with Crippen LogP contribution in [0.3, 0.4) is 0 Å². The minimum absolute atomic E-state index is 0.267. The number of carbonyl (C=O) groups excluding carboxylic acids is 1. The summed E-state index contributed by atoms with van der Waals surface area (Å²) >= 11 is 3.53. The summed E-state index contributed by atoms with van der Waals surface area (Å²) in [6, 6.07) is 9.67. The molecular formula is C16H13BrN4O. The second kappa shape index (κ2) is 5.73. The third kappa shape index (κ3) is 2.53. The molecular weight excluding hydrogens is 344 g/mol. The van der Waals surface area contributed by atoms with Crippen molar-refractivity contribution in [2.75, 3.05) is 5.32 Å². The van der Waals surface area contributed by atoms with Crippen LogP contribution in [-0.4, -0.2) is 20.7 Å². The highest BCUT2D eigenvalue weighted by atomic mass is 79.9. The third-order valence-electron chi connectivity index (χ3n) is 3.24. The second-order valence-electron chi connectivity index (χ2n) is 4.74. The topological polar surface area (TPSA) is 59.8 Å². The number of halogens is 1. The molecule has 1 N–H and O–H groups in total. The summed E-state index contributed by atoms with van der Waals surface area (Å²) in [6.45, 7) is 5.35. The highest BCUT2D eigenvalue weighted by Crippen LogP contribution is 2.26. The number of pyridine rings is 1. The summed E-state index contributed by atoms with van der Waals surface area (Å²) in [4.78, 5) is 15.8. The van der Waals surface area contributed by atoms with Gasteiger partial charge in [-0.1, -0.05) is 18.7 Å². The monoisotopic (exact) mass is 356 g/mol. The number of anilines is 1. The third-order valence-corrected chi connectivity index (χ3v) is 3.91. The molecule has 2 aromatic heterocycles. The lowest BCUT2D eigenvalue weighted by atomic mass is 10.2. The molecule has 0 saturated carbocycles. The number of para-hydroxylation sites is 1. The summed E-state index contributed by atoms with van der Waals surface area (Å²) in [5.74, 6) is -0.267. The molecule has 2 heterocycles. The van der Waals surface area contributed by atoms with Crippen LogP contribution in [0.25, 0.3) is 16.7 Å². The summed E-state index contributed by atoms with van der Waals surface area (Å²) in [7, 11) is 0. The molecule has 0 aliphatic rings. The van der Waals surface area contributed by atoms with Crippen molar-refractivity contribution >= 4 is 38.6 Å². The molecule has 0 fully saturated rings. The first-order valence-electron chi connectivity index (χ1n) is 6.64. The van der Waals surface area contributed by atoms with E-state index in [-0.39, 0.29) is 5.91 Å². The first-order valence-corrected chi connectivity index (χ1v) is 7.43. The van der Waals surface area contributed by atoms with Gasteiger partial charge in [-0.15, -0.1) is 0 Å². The van der Waals surface area contributed by atoms with Gasteiger partial charge in [-0.3, -0.25) is 4.79 Å². The van der Waals surface area contributed by atoms with E-state index in [9.17, 15) is 4.79 Å². The van der Waals surface area contributed by atoms with Crippen LogP contribution in [0.15, 0.2) is 53.7 Å². The van der Waals surface area contributed by atoms with Gasteiger partial charge in [0.15, 0.2) is 5.65 Å². The standard InChI is InChI=1S/C16H13BrN4O/c1-3-15(22)19-11-8-12-10(2)20-21(16(12)18-9-11)14-7-5-4-6-13(14)17/h3-9H,1H2,2H3,(H,19,22). The predicted octanol–water partition coefficient (Wildman–Crippen LogP) is 3.62. The van der Waals surface area contributed by atoms with Crippen LogP contribution >= 0.6 is 15.9 Å². The molecule has 0 radical (unpaired) electrons. The van der Waals surface area contributed by atoms with Crippen LogP contribution in [0.2, 0.25) is 0 Å². The maximum absolute atomic E-state index is 11.4. The number of aromatic nitrogens is 3. The van der Waals surface area contributed by atoms with Gasteiger partial charge in [-0.25, -0.2) is 9.67 Å². The van der Waals surface area contributed by atoms with E-state index in [1.54, 1.807) is 10.9 Å². The van der Waals surface area contributed by atoms with E-state index in [0.29, 0.717) is 5.69 Å². The zero-order chi connectivity index (χ0) is 15.7. The van der Waals surface area contributed by atoms with E-state index in [1.807, 2.05) is 37.3 Å². The molecule has 3 rings (SSSR count). The number of hydrogen-bond donors (Lipinski definition) is 1. The molecule has 6 heteroatoms. The van der Waals surface area contributed by atoms with E-state index in [2.05, 4.69) is 37.9 Å². The Bertz CT molecular complexity index is 885. The molecule has 0 spiro atoms. The molecule has 0 aliphatic carbocycles. The van der Waals surface area contributed by atoms with Gasteiger partial charge in [0.05, 0.1) is 23.3 Å². The molecule has 0 unspecified atom stereocenters. The van der Waals surface area contributed by atoms with Crippen LogP contribution in [-0.2, 0) is 4.79 Å². The zero-order valence-corrected chi connectivity index (χ0v) is 13.5. The molecule has 1 aromatic carbocycles. The number of rotatable bonds is 3. The number of carbonyl (C=O) groups is 1. The van der Waals surface area contributed by atoms with Crippen molar-refractivity contribution in [3.8, 4) is 5.69 Å². The first kappa shape index (κ1) is 14.5. The number of nitrogens with zero attached hydrogens (tertiary/aromatic N) is 3. The van der Waals surface area contributed by atoms with E-state index in [1.165, 1.54) is 6.08 Å². The van der Waals surface area contributed by atoms with Gasteiger partial charge in [0.1, 0.15) is 0 Å². The van der Waals surface area contributed by atoms with E-state index < -0.39 is 0 Å². The Hall–Kier alpha value is -2.47. The Morgan fingerprint density at radius 1 is 1.41 bits per heavy atom. The Morgan fingerprint density at radius 3 is 2.91 bits per heavy atom. The normalized spacial score (nSPS) is 10.6. The van der Waals surface area contributed by atoms with E-state index in [4.69, 9.17) is 0 Å². The fraction of sp³-hybridized carbons (Fsp3) is 0.0625. The van der Waals surface area contributed by atoms with Crippen molar-refractivity contribution in [3.63, 3.8) is 0 Å². The van der Waals surface area contributed by atoms with Crippen molar-refractivity contribution < 1.29 is 4.79 Å². The highest BCUT2D eigenvalue weighted by Gasteiger charge is 2.13. The largest absolute Gasteiger partial charge is 0.321 e. The van der Waals surface area contributed by atoms with Crippen molar-refractivity contribution in [1.82, 2.24) is 14.8 Å². The van der Waals surface area contributed by atoms with Gasteiger partial charge in [-0.2, -0.15) is 5.10 Å². The molecule has 1 amide bonds. The van der Waals surface area contributed by atoms with Crippen LogP contribution in [0.5, 0.6) is 0 Å². The lowest BCUT2D eigenvalue weighted by molar-refractivity contribution is -0.111. The van der Waals surface area contributed by atoms with Gasteiger partial charge >= 0.3 is 0 Å². The Morgan fingerprint density at radius 2 is 2.18 bits per heavy atom. The minimum Gasteiger partial charge on any atom is -0.321 e. The molecule has 5 nitrogen and oxygen atoms in total. The Labute approximate surface area is 135 Å². The maximum atomic E-state index is 11.4. The van der Waals surface area contributed by atoms with Crippen molar-refractivity contribution in [2.45, 2.75) is 6.92 Å². The summed E-state index contributed by atoms with van der Waals surface area (Å²) in [6.07, 6.45) is 2.83. The van der Waals surface area contributed by atoms with Crippen molar-refractivity contribution in [1.29, 1.82) is 0 Å². The molecule has 0 atom stereocenters. The number of amides is 1. The number of fused-ring (bicyclic) bond motifs is 1. The smallest absolute Gasteiger partial charge is 0.247 e. The number of aryl methyl sites for hydroxylation is 1. The van der Waals surface area contributed by atoms with Crippen LogP contribution in [0, 0.1) is 6.92 Å².